The first-order valence-corrected chi connectivity index (χ1v) is 9.88. The van der Waals surface area contributed by atoms with Crippen molar-refractivity contribution in [2.75, 3.05) is 11.9 Å². The first-order chi connectivity index (χ1) is 13.4. The minimum Gasteiger partial charge on any atom is -0.393 e. The summed E-state index contributed by atoms with van der Waals surface area (Å²) in [5, 5.41) is 23.1. The number of hydrogen-bond donors (Lipinski definition) is 3. The molecule has 1 aliphatic rings. The van der Waals surface area contributed by atoms with Gasteiger partial charge in [-0.1, -0.05) is 6.07 Å². The Morgan fingerprint density at radius 2 is 2.04 bits per heavy atom. The molecule has 146 valence electrons. The van der Waals surface area contributed by atoms with Crippen molar-refractivity contribution in [2.45, 2.75) is 38.2 Å². The van der Waals surface area contributed by atoms with Crippen LogP contribution in [0.1, 0.15) is 41.9 Å². The number of hydrogen-bond acceptors (Lipinski definition) is 7. The molecule has 0 spiro atoms. The van der Waals surface area contributed by atoms with E-state index in [9.17, 15) is 14.6 Å². The Kier molecular flexibility index (Phi) is 4.86. The summed E-state index contributed by atoms with van der Waals surface area (Å²) < 4.78 is 13.9. The maximum Gasteiger partial charge on any atom is 0.227 e. The van der Waals surface area contributed by atoms with E-state index >= 15 is 0 Å². The van der Waals surface area contributed by atoms with Crippen LogP contribution < -0.4 is 5.32 Å². The molecule has 0 bridgehead atoms. The van der Waals surface area contributed by atoms with Gasteiger partial charge in [0.25, 0.3) is 0 Å². The summed E-state index contributed by atoms with van der Waals surface area (Å²) in [6.07, 6.45) is 4.83. The number of anilines is 2. The lowest BCUT2D eigenvalue weighted by atomic mass is 10.1. The summed E-state index contributed by atoms with van der Waals surface area (Å²) in [5.41, 5.74) is 1.84. The van der Waals surface area contributed by atoms with Gasteiger partial charge in [-0.3, -0.25) is 0 Å². The Morgan fingerprint density at radius 1 is 1.25 bits per heavy atom. The summed E-state index contributed by atoms with van der Waals surface area (Å²) in [5.74, 6) is 0.214. The molecular formula is C20H21FN4O2S. The predicted molar refractivity (Wildman–Crippen MR) is 106 cm³/mol. The Morgan fingerprint density at radius 3 is 2.75 bits per heavy atom. The van der Waals surface area contributed by atoms with E-state index in [1.165, 1.54) is 24.5 Å². The van der Waals surface area contributed by atoms with E-state index in [0.717, 1.165) is 34.5 Å². The average molecular weight is 400 g/mol. The highest BCUT2D eigenvalue weighted by molar-refractivity contribution is 7.15. The highest BCUT2D eigenvalue weighted by Crippen LogP contribution is 2.40. The van der Waals surface area contributed by atoms with Crippen LogP contribution >= 0.6 is 11.3 Å². The highest BCUT2D eigenvalue weighted by Gasteiger charge is 2.29. The van der Waals surface area contributed by atoms with E-state index < -0.39 is 12.2 Å². The van der Waals surface area contributed by atoms with E-state index in [1.807, 2.05) is 25.1 Å². The minimum atomic E-state index is -1.37. The average Bonchev–Trinajstić information content (AvgIpc) is 3.37. The number of nitrogens with zero attached hydrogens (tertiary/aromatic N) is 3. The summed E-state index contributed by atoms with van der Waals surface area (Å²) >= 11 is 1.33. The number of aliphatic hydroxyl groups excluding tert-OH is 1. The van der Waals surface area contributed by atoms with Gasteiger partial charge >= 0.3 is 0 Å². The van der Waals surface area contributed by atoms with Gasteiger partial charge in [-0.25, -0.2) is 19.3 Å². The monoisotopic (exact) mass is 400 g/mol. The number of aryl methyl sites for hydroxylation is 1. The number of halogens is 1. The van der Waals surface area contributed by atoms with E-state index in [1.54, 1.807) is 6.20 Å². The number of aromatic nitrogens is 3. The number of benzene rings is 1. The van der Waals surface area contributed by atoms with E-state index in [0.29, 0.717) is 16.6 Å². The Balaban J connectivity index is 1.62. The van der Waals surface area contributed by atoms with Crippen LogP contribution in [0, 0.1) is 12.7 Å². The third-order valence-electron chi connectivity index (χ3n) is 4.63. The number of rotatable bonds is 6. The summed E-state index contributed by atoms with van der Waals surface area (Å²) in [6.45, 7) is 3.11. The van der Waals surface area contributed by atoms with Crippen molar-refractivity contribution in [2.24, 2.45) is 0 Å². The van der Waals surface area contributed by atoms with Gasteiger partial charge in [-0.2, -0.15) is 0 Å². The lowest BCUT2D eigenvalue weighted by Crippen LogP contribution is -2.25. The first-order valence-electron chi connectivity index (χ1n) is 9.07. The molecule has 28 heavy (non-hydrogen) atoms. The molecular weight excluding hydrogens is 379 g/mol. The second kappa shape index (κ2) is 7.20. The Labute approximate surface area is 166 Å². The van der Waals surface area contributed by atoms with Gasteiger partial charge < -0.3 is 15.5 Å². The molecule has 0 unspecified atom stereocenters. The fourth-order valence-corrected chi connectivity index (χ4v) is 3.87. The van der Waals surface area contributed by atoms with E-state index in [4.69, 9.17) is 0 Å². The lowest BCUT2D eigenvalue weighted by Gasteiger charge is -2.16. The maximum atomic E-state index is 13.9. The van der Waals surface area contributed by atoms with E-state index in [2.05, 4.69) is 20.3 Å². The van der Waals surface area contributed by atoms with Crippen LogP contribution in [0.4, 0.5) is 16.0 Å². The first kappa shape index (κ1) is 18.9. The molecule has 0 saturated heterocycles. The zero-order valence-corrected chi connectivity index (χ0v) is 16.4. The third-order valence-corrected chi connectivity index (χ3v) is 5.93. The van der Waals surface area contributed by atoms with Gasteiger partial charge in [0.2, 0.25) is 5.95 Å². The van der Waals surface area contributed by atoms with E-state index in [-0.39, 0.29) is 11.7 Å². The molecule has 2 heterocycles. The SMILES string of the molecule is Cc1cc(Nc2ncc(F)c(C3CC3)n2)cc(-c2cnc([C@@](C)(O)CO)s2)c1. The molecule has 2 aromatic heterocycles. The zero-order valence-electron chi connectivity index (χ0n) is 15.6. The lowest BCUT2D eigenvalue weighted by molar-refractivity contribution is -0.00244. The molecule has 0 amide bonds. The van der Waals surface area contributed by atoms with Gasteiger partial charge in [-0.15, -0.1) is 11.3 Å². The minimum absolute atomic E-state index is 0.201. The molecule has 6 nitrogen and oxygen atoms in total. The summed E-state index contributed by atoms with van der Waals surface area (Å²) in [4.78, 5) is 13.5. The molecule has 1 saturated carbocycles. The molecule has 1 aliphatic carbocycles. The van der Waals surface area contributed by atoms with Gasteiger partial charge in [0, 0.05) is 17.8 Å². The normalized spacial score (nSPS) is 16.0. The van der Waals surface area contributed by atoms with Crippen LogP contribution in [-0.4, -0.2) is 31.8 Å². The topological polar surface area (TPSA) is 91.2 Å². The molecule has 4 rings (SSSR count). The second-order valence-corrected chi connectivity index (χ2v) is 8.41. The molecule has 3 N–H and O–H groups in total. The number of thiazole rings is 1. The maximum absolute atomic E-state index is 13.9. The third kappa shape index (κ3) is 3.89. The molecule has 1 fully saturated rings. The van der Waals surface area contributed by atoms with Crippen LogP contribution in [-0.2, 0) is 5.60 Å². The Hall–Kier alpha value is -2.42. The fourth-order valence-electron chi connectivity index (χ4n) is 2.93. The zero-order chi connectivity index (χ0) is 19.9. The smallest absolute Gasteiger partial charge is 0.227 e. The predicted octanol–water partition coefficient (Wildman–Crippen LogP) is 3.87. The van der Waals surface area contributed by atoms with Gasteiger partial charge in [0.05, 0.1) is 23.4 Å². The number of nitrogens with one attached hydrogen (secondary N) is 1. The van der Waals surface area contributed by atoms with Crippen molar-refractivity contribution < 1.29 is 14.6 Å². The van der Waals surface area contributed by atoms with Crippen LogP contribution in [0.25, 0.3) is 10.4 Å². The molecule has 3 aromatic rings. The molecule has 0 radical (unpaired) electrons. The quantitative estimate of drug-likeness (QED) is 0.582. The molecule has 0 aliphatic heterocycles. The molecule has 1 aromatic carbocycles. The standard InChI is InChI=1S/C20H21FN4O2S/c1-11-5-13(16-9-22-18(28-16)20(2,27)10-26)7-14(6-11)24-19-23-8-15(21)17(25-19)12-3-4-12/h5-9,12,26-27H,3-4,10H2,1-2H3,(H,23,24,25)/t20-/m0/s1. The van der Waals surface area contributed by atoms with Gasteiger partial charge in [0.15, 0.2) is 5.82 Å². The highest BCUT2D eigenvalue weighted by atomic mass is 32.1. The number of aliphatic hydroxyl groups is 2. The molecule has 8 heteroatoms. The van der Waals surface area contributed by atoms with Crippen molar-refractivity contribution in [3.8, 4) is 10.4 Å². The summed E-state index contributed by atoms with van der Waals surface area (Å²) in [6, 6.07) is 5.90. The van der Waals surface area contributed by atoms with Crippen molar-refractivity contribution in [1.29, 1.82) is 0 Å². The van der Waals surface area contributed by atoms with Crippen molar-refractivity contribution in [1.82, 2.24) is 15.0 Å². The van der Waals surface area contributed by atoms with Crippen LogP contribution in [0.2, 0.25) is 0 Å². The fraction of sp³-hybridized carbons (Fsp3) is 0.350. The summed E-state index contributed by atoms with van der Waals surface area (Å²) in [7, 11) is 0. The van der Waals surface area contributed by atoms with Gasteiger partial charge in [-0.05, 0) is 49.9 Å². The van der Waals surface area contributed by atoms with Crippen molar-refractivity contribution >= 4 is 23.0 Å². The van der Waals surface area contributed by atoms with Gasteiger partial charge in [0.1, 0.15) is 10.6 Å². The molecule has 1 atom stereocenters. The Bertz CT molecular complexity index is 1020. The van der Waals surface area contributed by atoms with Crippen LogP contribution in [0.5, 0.6) is 0 Å². The van der Waals surface area contributed by atoms with Crippen LogP contribution in [0.3, 0.4) is 0 Å². The largest absolute Gasteiger partial charge is 0.393 e. The van der Waals surface area contributed by atoms with Crippen LogP contribution in [0.15, 0.2) is 30.6 Å². The second-order valence-electron chi connectivity index (χ2n) is 7.38. The van der Waals surface area contributed by atoms with Crippen molar-refractivity contribution in [3.63, 3.8) is 0 Å². The van der Waals surface area contributed by atoms with Crippen molar-refractivity contribution in [3.05, 3.63) is 52.7 Å².